The van der Waals surface area contributed by atoms with Crippen LogP contribution in [0.25, 0.3) is 0 Å². The van der Waals surface area contributed by atoms with E-state index in [9.17, 15) is 30.0 Å². The van der Waals surface area contributed by atoms with Crippen LogP contribution in [0.4, 0.5) is 21.4 Å². The molecule has 3 heterocycles. The Kier molecular flexibility index (Phi) is 8.81. The third-order valence-electron chi connectivity index (χ3n) is 7.34. The number of amides is 2. The summed E-state index contributed by atoms with van der Waals surface area (Å²) in [4.78, 5) is 37.0. The number of hydrazine groups is 1. The van der Waals surface area contributed by atoms with E-state index in [1.165, 1.54) is 0 Å². The molecule has 0 spiro atoms. The van der Waals surface area contributed by atoms with Crippen LogP contribution in [0.1, 0.15) is 70.3 Å². The second-order valence-electron chi connectivity index (χ2n) is 12.2. The van der Waals surface area contributed by atoms with Gasteiger partial charge in [0.15, 0.2) is 5.82 Å². The first kappa shape index (κ1) is 32.3. The quantitative estimate of drug-likeness (QED) is 0.335. The van der Waals surface area contributed by atoms with Crippen molar-refractivity contribution in [2.45, 2.75) is 85.5 Å². The Morgan fingerprint density at radius 2 is 1.71 bits per heavy atom. The van der Waals surface area contributed by atoms with Gasteiger partial charge in [-0.3, -0.25) is 9.99 Å². The molecule has 2 aromatic heterocycles. The zero-order chi connectivity index (χ0) is 31.2. The molecule has 14 heteroatoms. The number of imide groups is 1. The van der Waals surface area contributed by atoms with Gasteiger partial charge in [-0.2, -0.15) is 9.97 Å². The third-order valence-corrected chi connectivity index (χ3v) is 7.62. The summed E-state index contributed by atoms with van der Waals surface area (Å²) in [6.07, 6.45) is -3.09. The average molecular weight is 595 g/mol. The summed E-state index contributed by atoms with van der Waals surface area (Å²) < 4.78 is 5.61. The lowest BCUT2D eigenvalue weighted by Crippen LogP contribution is -2.64. The van der Waals surface area contributed by atoms with Gasteiger partial charge in [-0.05, 0) is 40.0 Å². The molecule has 0 aromatic carbocycles. The van der Waals surface area contributed by atoms with Crippen LogP contribution in [0, 0.1) is 19.3 Å². The molecule has 0 saturated carbocycles. The topological polar surface area (TPSA) is 173 Å². The van der Waals surface area contributed by atoms with Gasteiger partial charge in [0, 0.05) is 29.3 Å². The van der Waals surface area contributed by atoms with Crippen LogP contribution >= 0.6 is 11.6 Å². The van der Waals surface area contributed by atoms with Crippen molar-refractivity contribution in [3.63, 3.8) is 0 Å². The Morgan fingerprint density at radius 1 is 1.12 bits per heavy atom. The van der Waals surface area contributed by atoms with Gasteiger partial charge in [-0.15, -0.1) is 4.90 Å². The summed E-state index contributed by atoms with van der Waals surface area (Å²) >= 11 is 6.83. The number of aliphatic hydroxyl groups excluding tert-OH is 2. The highest BCUT2D eigenvalue weighted by Gasteiger charge is 2.62. The average Bonchev–Trinajstić information content (AvgIpc) is 3.11. The minimum absolute atomic E-state index is 0.00139. The fourth-order valence-electron chi connectivity index (χ4n) is 5.76. The number of anilines is 2. The summed E-state index contributed by atoms with van der Waals surface area (Å²) in [6.45, 7) is 15.0. The molecular formula is C27H39ClN6O7. The molecule has 1 aliphatic rings. The van der Waals surface area contributed by atoms with Crippen molar-refractivity contribution < 1.29 is 34.8 Å². The van der Waals surface area contributed by atoms with Crippen LogP contribution in [0.3, 0.4) is 0 Å². The number of halogens is 1. The maximum atomic E-state index is 11.9. The molecule has 0 radical (unpaired) electrons. The fraction of sp³-hybridized carbons (Fsp3) is 0.593. The van der Waals surface area contributed by atoms with Crippen LogP contribution in [-0.4, -0.2) is 77.9 Å². The molecule has 226 valence electrons. The van der Waals surface area contributed by atoms with Crippen molar-refractivity contribution in [2.24, 2.45) is 5.41 Å². The summed E-state index contributed by atoms with van der Waals surface area (Å²) in [5.74, 6) is 0.160. The van der Waals surface area contributed by atoms with E-state index in [4.69, 9.17) is 16.3 Å². The van der Waals surface area contributed by atoms with Crippen molar-refractivity contribution >= 4 is 35.6 Å². The van der Waals surface area contributed by atoms with Gasteiger partial charge < -0.3 is 25.2 Å². The number of aliphatic hydroxyl groups is 2. The number of ether oxygens (including phenoxy) is 1. The van der Waals surface area contributed by atoms with E-state index in [0.717, 1.165) is 11.1 Å². The van der Waals surface area contributed by atoms with E-state index >= 15 is 0 Å². The molecule has 41 heavy (non-hydrogen) atoms. The lowest BCUT2D eigenvalue weighted by Gasteiger charge is -2.55. The lowest BCUT2D eigenvalue weighted by molar-refractivity contribution is -0.0959. The molecule has 2 unspecified atom stereocenters. The van der Waals surface area contributed by atoms with E-state index in [1.807, 2.05) is 60.4 Å². The van der Waals surface area contributed by atoms with Crippen LogP contribution in [0.2, 0.25) is 5.15 Å². The second kappa shape index (κ2) is 11.2. The number of pyridine rings is 1. The molecule has 13 nitrogen and oxygen atoms in total. The number of carbonyl (C=O) groups is 2. The molecule has 4 N–H and O–H groups in total. The highest BCUT2D eigenvalue weighted by Crippen LogP contribution is 2.60. The Labute approximate surface area is 244 Å². The molecular weight excluding hydrogens is 556 g/mol. The van der Waals surface area contributed by atoms with Crippen molar-refractivity contribution in [3.8, 4) is 5.75 Å². The second-order valence-corrected chi connectivity index (χ2v) is 12.5. The van der Waals surface area contributed by atoms with Crippen molar-refractivity contribution in [1.82, 2.24) is 20.0 Å². The molecule has 0 bridgehead atoms. The van der Waals surface area contributed by atoms with Crippen molar-refractivity contribution in [2.75, 3.05) is 23.6 Å². The van der Waals surface area contributed by atoms with Crippen molar-refractivity contribution in [1.29, 1.82) is 0 Å². The van der Waals surface area contributed by atoms with Gasteiger partial charge in [0.25, 0.3) is 0 Å². The first-order valence-electron chi connectivity index (χ1n) is 13.0. The lowest BCUT2D eigenvalue weighted by atomic mass is 9.66. The number of aromatic nitrogens is 3. The van der Waals surface area contributed by atoms with Gasteiger partial charge in [0.2, 0.25) is 5.95 Å². The molecule has 3 rings (SSSR count). The van der Waals surface area contributed by atoms with Gasteiger partial charge >= 0.3 is 12.2 Å². The Balaban J connectivity index is 2.49. The number of rotatable bonds is 7. The third kappa shape index (κ3) is 5.51. The number of hydrogen-bond acceptors (Lipinski definition) is 10. The number of fused-ring (bicyclic) bond motifs is 1. The monoisotopic (exact) mass is 594 g/mol. The van der Waals surface area contributed by atoms with Gasteiger partial charge in [0.1, 0.15) is 10.9 Å². The minimum atomic E-state index is -1.80. The maximum absolute atomic E-state index is 11.9. The molecule has 0 aliphatic carbocycles. The maximum Gasteiger partial charge on any atom is 0.424 e. The highest BCUT2D eigenvalue weighted by molar-refractivity contribution is 6.31. The van der Waals surface area contributed by atoms with Gasteiger partial charge in [0.05, 0.1) is 43.2 Å². The summed E-state index contributed by atoms with van der Waals surface area (Å²) in [7, 11) is 1.57. The SMILES string of the molecule is COc1c(C)cnc(CN2c3nc(N(C(=O)O)C(=O)O)nc(Cl)c3C(CC(O)CO)(C(C)(C)C)N2C(C)(C)C)c1C. The van der Waals surface area contributed by atoms with Crippen LogP contribution in [-0.2, 0) is 12.1 Å². The smallest absolute Gasteiger partial charge is 0.424 e. The molecule has 2 aromatic rings. The first-order valence-corrected chi connectivity index (χ1v) is 13.4. The molecule has 2 amide bonds. The highest BCUT2D eigenvalue weighted by atomic mass is 35.5. The van der Waals surface area contributed by atoms with Gasteiger partial charge in [-0.1, -0.05) is 32.4 Å². The number of aryl methyl sites for hydroxylation is 1. The largest absolute Gasteiger partial charge is 0.496 e. The van der Waals surface area contributed by atoms with Crippen LogP contribution < -0.4 is 14.6 Å². The number of methoxy groups -OCH3 is 1. The minimum Gasteiger partial charge on any atom is -0.496 e. The van der Waals surface area contributed by atoms with Crippen molar-refractivity contribution in [3.05, 3.63) is 33.7 Å². The van der Waals surface area contributed by atoms with Crippen LogP contribution in [0.5, 0.6) is 5.75 Å². The van der Waals surface area contributed by atoms with E-state index in [1.54, 1.807) is 18.3 Å². The standard InChI is InChI=1S/C27H39ClN6O7/c1-14-11-29-17(15(2)19(14)41-9)12-32-21-18(20(28)30-22(31-21)33(23(37)38)24(39)40)27(25(3,4)5,10-16(36)13-35)34(32)26(6,7)8/h11,16,35-36H,10,12-13H2,1-9H3,(H,37,38)(H,39,40). The Hall–Kier alpha value is -3.26. The first-order chi connectivity index (χ1) is 18.8. The Bertz CT molecular complexity index is 1330. The number of carboxylic acid groups (broad SMARTS) is 2. The predicted molar refractivity (Wildman–Crippen MR) is 152 cm³/mol. The summed E-state index contributed by atoms with van der Waals surface area (Å²) in [5, 5.41) is 43.7. The molecule has 0 fully saturated rings. The van der Waals surface area contributed by atoms with Crippen LogP contribution in [0.15, 0.2) is 6.20 Å². The Morgan fingerprint density at radius 3 is 2.17 bits per heavy atom. The van der Waals surface area contributed by atoms with E-state index < -0.39 is 47.3 Å². The zero-order valence-electron chi connectivity index (χ0n) is 24.9. The molecule has 2 atom stereocenters. The summed E-state index contributed by atoms with van der Waals surface area (Å²) in [6, 6.07) is 0. The number of hydrogen-bond donors (Lipinski definition) is 4. The molecule has 1 aliphatic heterocycles. The zero-order valence-corrected chi connectivity index (χ0v) is 25.6. The van der Waals surface area contributed by atoms with E-state index in [2.05, 4.69) is 15.0 Å². The normalized spacial score (nSPS) is 18.3. The number of nitrogens with zero attached hydrogens (tertiary/aromatic N) is 6. The van der Waals surface area contributed by atoms with Gasteiger partial charge in [-0.25, -0.2) is 14.6 Å². The summed E-state index contributed by atoms with van der Waals surface area (Å²) in [5.41, 5.74) is 0.0536. The molecule has 0 saturated heterocycles. The van der Waals surface area contributed by atoms with E-state index in [-0.39, 0.29) is 28.8 Å². The van der Waals surface area contributed by atoms with E-state index in [0.29, 0.717) is 17.0 Å². The predicted octanol–water partition coefficient (Wildman–Crippen LogP) is 4.33. The fourth-order valence-corrected chi connectivity index (χ4v) is 6.08.